The minimum absolute atomic E-state index is 0.201. The molecule has 1 N–H and O–H groups in total. The Morgan fingerprint density at radius 1 is 1.12 bits per heavy atom. The third-order valence-electron chi connectivity index (χ3n) is 5.85. The van der Waals surface area contributed by atoms with Gasteiger partial charge in [-0.25, -0.2) is 14.8 Å². The van der Waals surface area contributed by atoms with Crippen molar-refractivity contribution in [1.82, 2.24) is 14.5 Å². The van der Waals surface area contributed by atoms with Crippen molar-refractivity contribution in [2.75, 3.05) is 0 Å². The molecule has 0 saturated carbocycles. The number of carboxylic acids is 1. The second kappa shape index (κ2) is 8.15. The molecule has 3 aromatic heterocycles. The standard InChI is InChI=1S/C26H22BrN3O3/c1-4-21-29-23-14(2)11-15(3)28-25(23)30(21)13-16-9-10-20-19(12-16)22(27)24(33-20)17-7-5-6-8-18(17)26(31)32/h5-12H,4,13H2,1-3H3,(H,31,32). The van der Waals surface area contributed by atoms with Gasteiger partial charge in [0.15, 0.2) is 5.65 Å². The van der Waals surface area contributed by atoms with Crippen molar-refractivity contribution in [3.63, 3.8) is 0 Å². The number of rotatable bonds is 5. The number of aryl methyl sites for hydroxylation is 3. The Balaban J connectivity index is 1.61. The van der Waals surface area contributed by atoms with Crippen molar-refractivity contribution in [3.8, 4) is 11.3 Å². The van der Waals surface area contributed by atoms with Gasteiger partial charge in [0, 0.05) is 23.1 Å². The number of carbonyl (C=O) groups is 1. The Labute approximate surface area is 199 Å². The van der Waals surface area contributed by atoms with Gasteiger partial charge >= 0.3 is 5.97 Å². The Bertz CT molecular complexity index is 1550. The number of pyridine rings is 1. The van der Waals surface area contributed by atoms with Gasteiger partial charge in [-0.2, -0.15) is 0 Å². The molecule has 33 heavy (non-hydrogen) atoms. The first-order chi connectivity index (χ1) is 15.9. The third kappa shape index (κ3) is 3.62. The van der Waals surface area contributed by atoms with Gasteiger partial charge in [-0.15, -0.1) is 0 Å². The molecule has 0 atom stereocenters. The number of nitrogens with zero attached hydrogens (tertiary/aromatic N) is 3. The number of hydrogen-bond acceptors (Lipinski definition) is 4. The van der Waals surface area contributed by atoms with Crippen molar-refractivity contribution in [2.45, 2.75) is 33.7 Å². The van der Waals surface area contributed by atoms with E-state index >= 15 is 0 Å². The van der Waals surface area contributed by atoms with E-state index in [1.807, 2.05) is 19.1 Å². The van der Waals surface area contributed by atoms with Crippen LogP contribution < -0.4 is 0 Å². The molecule has 0 unspecified atom stereocenters. The molecule has 0 fully saturated rings. The van der Waals surface area contributed by atoms with Crippen LogP contribution in [0.25, 0.3) is 33.5 Å². The lowest BCUT2D eigenvalue weighted by atomic mass is 10.0. The molecule has 0 aliphatic rings. The van der Waals surface area contributed by atoms with E-state index in [9.17, 15) is 9.90 Å². The first-order valence-corrected chi connectivity index (χ1v) is 11.5. The van der Waals surface area contributed by atoms with Gasteiger partial charge in [-0.3, -0.25) is 0 Å². The number of aromatic nitrogens is 3. The highest BCUT2D eigenvalue weighted by Crippen LogP contribution is 2.39. The van der Waals surface area contributed by atoms with Gasteiger partial charge in [0.05, 0.1) is 16.6 Å². The molecule has 0 spiro atoms. The van der Waals surface area contributed by atoms with Crippen LogP contribution in [0.1, 0.15) is 39.9 Å². The quantitative estimate of drug-likeness (QED) is 0.294. The maximum Gasteiger partial charge on any atom is 0.336 e. The lowest BCUT2D eigenvalue weighted by Gasteiger charge is -2.08. The van der Waals surface area contributed by atoms with Crippen molar-refractivity contribution in [1.29, 1.82) is 0 Å². The molecule has 0 saturated heterocycles. The summed E-state index contributed by atoms with van der Waals surface area (Å²) in [6.07, 6.45) is 0.808. The molecule has 0 amide bonds. The molecule has 2 aromatic carbocycles. The molecule has 0 aliphatic heterocycles. The lowest BCUT2D eigenvalue weighted by molar-refractivity contribution is 0.0697. The molecule has 0 radical (unpaired) electrons. The van der Waals surface area contributed by atoms with Crippen molar-refractivity contribution in [3.05, 3.63) is 81.2 Å². The average molecular weight is 504 g/mol. The van der Waals surface area contributed by atoms with Crippen LogP contribution in [0.4, 0.5) is 0 Å². The van der Waals surface area contributed by atoms with Crippen LogP contribution in [0.15, 0.2) is 57.4 Å². The molecule has 0 aliphatic carbocycles. The molecule has 5 aromatic rings. The van der Waals surface area contributed by atoms with Crippen LogP contribution in [-0.2, 0) is 13.0 Å². The number of carboxylic acid groups (broad SMARTS) is 1. The fourth-order valence-electron chi connectivity index (χ4n) is 4.32. The molecule has 0 bridgehead atoms. The van der Waals surface area contributed by atoms with Gasteiger partial charge in [0.25, 0.3) is 0 Å². The average Bonchev–Trinajstić information content (AvgIpc) is 3.31. The van der Waals surface area contributed by atoms with E-state index in [0.717, 1.165) is 50.1 Å². The molecule has 6 nitrogen and oxygen atoms in total. The maximum atomic E-state index is 11.7. The van der Waals surface area contributed by atoms with Gasteiger partial charge in [0.1, 0.15) is 22.7 Å². The van der Waals surface area contributed by atoms with Crippen LogP contribution in [0.2, 0.25) is 0 Å². The monoisotopic (exact) mass is 503 g/mol. The third-order valence-corrected chi connectivity index (χ3v) is 6.64. The fourth-order valence-corrected chi connectivity index (χ4v) is 4.93. The van der Waals surface area contributed by atoms with E-state index in [1.54, 1.807) is 24.3 Å². The largest absolute Gasteiger partial charge is 0.478 e. The van der Waals surface area contributed by atoms with Crippen LogP contribution in [-0.4, -0.2) is 25.6 Å². The highest BCUT2D eigenvalue weighted by atomic mass is 79.9. The highest BCUT2D eigenvalue weighted by molar-refractivity contribution is 9.10. The number of hydrogen-bond donors (Lipinski definition) is 1. The Morgan fingerprint density at radius 2 is 1.91 bits per heavy atom. The van der Waals surface area contributed by atoms with Gasteiger partial charge in [-0.05, 0) is 65.2 Å². The van der Waals surface area contributed by atoms with E-state index in [1.165, 1.54) is 0 Å². The summed E-state index contributed by atoms with van der Waals surface area (Å²) in [5.41, 5.74) is 6.45. The van der Waals surface area contributed by atoms with Crippen molar-refractivity contribution in [2.24, 2.45) is 0 Å². The Morgan fingerprint density at radius 3 is 2.67 bits per heavy atom. The smallest absolute Gasteiger partial charge is 0.336 e. The second-order valence-electron chi connectivity index (χ2n) is 8.15. The van der Waals surface area contributed by atoms with Gasteiger partial charge in [-0.1, -0.05) is 31.2 Å². The van der Waals surface area contributed by atoms with E-state index in [-0.39, 0.29) is 5.56 Å². The van der Waals surface area contributed by atoms with Crippen LogP contribution in [0, 0.1) is 13.8 Å². The molecular formula is C26H22BrN3O3. The van der Waals surface area contributed by atoms with Crippen molar-refractivity contribution >= 4 is 44.0 Å². The number of halogens is 1. The Kier molecular flexibility index (Phi) is 5.29. The number of aromatic carboxylic acids is 1. The van der Waals surface area contributed by atoms with E-state index in [0.29, 0.717) is 23.5 Å². The first kappa shape index (κ1) is 21.4. The van der Waals surface area contributed by atoms with E-state index < -0.39 is 5.97 Å². The zero-order valence-electron chi connectivity index (χ0n) is 18.5. The van der Waals surface area contributed by atoms with Crippen LogP contribution in [0.5, 0.6) is 0 Å². The van der Waals surface area contributed by atoms with Gasteiger partial charge < -0.3 is 14.1 Å². The lowest BCUT2D eigenvalue weighted by Crippen LogP contribution is -2.05. The highest BCUT2D eigenvalue weighted by Gasteiger charge is 2.20. The fraction of sp³-hybridized carbons (Fsp3) is 0.192. The number of furan rings is 1. The number of fused-ring (bicyclic) bond motifs is 2. The summed E-state index contributed by atoms with van der Waals surface area (Å²) in [6.45, 7) is 6.80. The first-order valence-electron chi connectivity index (χ1n) is 10.7. The predicted octanol–water partition coefficient (Wildman–Crippen LogP) is 6.53. The number of benzene rings is 2. The molecule has 166 valence electrons. The maximum absolute atomic E-state index is 11.7. The molecule has 3 heterocycles. The van der Waals surface area contributed by atoms with Crippen molar-refractivity contribution < 1.29 is 14.3 Å². The minimum Gasteiger partial charge on any atom is -0.478 e. The Hall–Kier alpha value is -3.45. The summed E-state index contributed by atoms with van der Waals surface area (Å²) >= 11 is 3.65. The summed E-state index contributed by atoms with van der Waals surface area (Å²) in [7, 11) is 0. The van der Waals surface area contributed by atoms with Crippen LogP contribution in [0.3, 0.4) is 0 Å². The molecular weight excluding hydrogens is 482 g/mol. The normalized spacial score (nSPS) is 11.5. The molecule has 7 heteroatoms. The predicted molar refractivity (Wildman–Crippen MR) is 132 cm³/mol. The summed E-state index contributed by atoms with van der Waals surface area (Å²) in [4.78, 5) is 21.3. The summed E-state index contributed by atoms with van der Waals surface area (Å²) in [5, 5.41) is 10.5. The molecule has 5 rings (SSSR count). The summed E-state index contributed by atoms with van der Waals surface area (Å²) < 4.78 is 8.98. The second-order valence-corrected chi connectivity index (χ2v) is 8.94. The SMILES string of the molecule is CCc1nc2c(C)cc(C)nc2n1Cc1ccc2oc(-c3ccccc3C(=O)O)c(Br)c2c1. The van der Waals surface area contributed by atoms with E-state index in [2.05, 4.69) is 46.5 Å². The minimum atomic E-state index is -0.990. The summed E-state index contributed by atoms with van der Waals surface area (Å²) in [5.74, 6) is 0.514. The zero-order chi connectivity index (χ0) is 23.3. The summed E-state index contributed by atoms with van der Waals surface area (Å²) in [6, 6.07) is 14.9. The number of imidazole rings is 1. The topological polar surface area (TPSA) is 81.2 Å². The zero-order valence-corrected chi connectivity index (χ0v) is 20.1. The van der Waals surface area contributed by atoms with Gasteiger partial charge in [0.2, 0.25) is 0 Å². The van der Waals surface area contributed by atoms with Crippen LogP contribution >= 0.6 is 15.9 Å². The van der Waals surface area contributed by atoms with E-state index in [4.69, 9.17) is 14.4 Å².